The monoisotopic (exact) mass is 325 g/mol. The lowest BCUT2D eigenvalue weighted by molar-refractivity contribution is -0.137. The van der Waals surface area contributed by atoms with E-state index in [1.807, 2.05) is 0 Å². The molecule has 0 spiro atoms. The van der Waals surface area contributed by atoms with Crippen LogP contribution in [0.3, 0.4) is 0 Å². The van der Waals surface area contributed by atoms with E-state index >= 15 is 0 Å². The van der Waals surface area contributed by atoms with Crippen LogP contribution in [0.2, 0.25) is 18.1 Å². The van der Waals surface area contributed by atoms with Crippen LogP contribution in [0.1, 0.15) is 27.2 Å². The van der Waals surface area contributed by atoms with Gasteiger partial charge in [-0.2, -0.15) is 0 Å². The van der Waals surface area contributed by atoms with Crippen LogP contribution in [0, 0.1) is 0 Å². The Morgan fingerprint density at radius 3 is 2.29 bits per heavy atom. The number of nitrogens with zero attached hydrogens (tertiary/aromatic N) is 1. The fourth-order valence-corrected chi connectivity index (χ4v) is 5.35. The minimum Gasteiger partial charge on any atom is -0.365 e. The van der Waals surface area contributed by atoms with Gasteiger partial charge in [-0.3, -0.25) is 4.79 Å². The molecule has 1 rings (SSSR count). The van der Waals surface area contributed by atoms with Crippen LogP contribution in [0.5, 0.6) is 0 Å². The molecule has 1 aliphatic heterocycles. The molecule has 1 saturated heterocycles. The van der Waals surface area contributed by atoms with Crippen LogP contribution in [0.4, 0.5) is 0 Å². The van der Waals surface area contributed by atoms with Gasteiger partial charge in [0.1, 0.15) is 0 Å². The van der Waals surface area contributed by atoms with Crippen molar-refractivity contribution in [3.8, 4) is 0 Å². The van der Waals surface area contributed by atoms with Gasteiger partial charge in [-0.05, 0) is 5.04 Å². The SMILES string of the molecule is CC(C)(C)[Si](C)(C)N1C(=O)CC1CI. The topological polar surface area (TPSA) is 20.3 Å². The van der Waals surface area contributed by atoms with Crippen LogP contribution in [-0.2, 0) is 4.79 Å². The van der Waals surface area contributed by atoms with Crippen molar-refractivity contribution in [2.75, 3.05) is 4.43 Å². The Labute approximate surface area is 102 Å². The molecule has 1 amide bonds. The predicted octanol–water partition coefficient (Wildman–Crippen LogP) is 3.03. The van der Waals surface area contributed by atoms with Crippen LogP contribution in [0.25, 0.3) is 0 Å². The summed E-state index contributed by atoms with van der Waals surface area (Å²) in [5, 5.41) is 0.271. The Morgan fingerprint density at radius 1 is 1.50 bits per heavy atom. The van der Waals surface area contributed by atoms with Gasteiger partial charge in [0, 0.05) is 16.9 Å². The number of rotatable bonds is 2. The number of alkyl halides is 1. The van der Waals surface area contributed by atoms with Crippen molar-refractivity contribution in [1.82, 2.24) is 4.57 Å². The third-order valence-corrected chi connectivity index (χ3v) is 10.2. The largest absolute Gasteiger partial charge is 0.365 e. The number of amides is 1. The molecular weight excluding hydrogens is 305 g/mol. The molecule has 14 heavy (non-hydrogen) atoms. The Morgan fingerprint density at radius 2 is 2.00 bits per heavy atom. The van der Waals surface area contributed by atoms with Gasteiger partial charge >= 0.3 is 0 Å². The summed E-state index contributed by atoms with van der Waals surface area (Å²) in [7, 11) is -1.59. The number of carbonyl (C=O) groups is 1. The first-order valence-corrected chi connectivity index (χ1v) is 9.57. The van der Waals surface area contributed by atoms with Gasteiger partial charge in [0.15, 0.2) is 8.24 Å². The molecule has 0 bridgehead atoms. The molecule has 1 fully saturated rings. The maximum atomic E-state index is 11.7. The molecule has 0 aromatic carbocycles. The summed E-state index contributed by atoms with van der Waals surface area (Å²) in [4.78, 5) is 11.7. The van der Waals surface area contributed by atoms with Crippen LogP contribution in [-0.4, -0.2) is 29.2 Å². The zero-order valence-corrected chi connectivity index (χ0v) is 12.9. The van der Waals surface area contributed by atoms with E-state index in [4.69, 9.17) is 0 Å². The van der Waals surface area contributed by atoms with Crippen LogP contribution >= 0.6 is 22.6 Å². The average molecular weight is 325 g/mol. The number of hydrogen-bond acceptors (Lipinski definition) is 1. The van der Waals surface area contributed by atoms with Crippen molar-refractivity contribution in [2.24, 2.45) is 0 Å². The van der Waals surface area contributed by atoms with Gasteiger partial charge in [0.05, 0.1) is 0 Å². The lowest BCUT2D eigenvalue weighted by Crippen LogP contribution is -2.68. The highest BCUT2D eigenvalue weighted by atomic mass is 127. The second-order valence-electron chi connectivity index (χ2n) is 5.59. The Bertz CT molecular complexity index is 247. The zero-order valence-electron chi connectivity index (χ0n) is 9.72. The molecular formula is C10H20INOSi. The molecule has 82 valence electrons. The van der Waals surface area contributed by atoms with Crippen LogP contribution in [0.15, 0.2) is 0 Å². The fraction of sp³-hybridized carbons (Fsp3) is 0.900. The Kier molecular flexibility index (Phi) is 3.36. The smallest absolute Gasteiger partial charge is 0.217 e. The van der Waals surface area contributed by atoms with E-state index in [-0.39, 0.29) is 5.04 Å². The minimum absolute atomic E-state index is 0.271. The number of carbonyl (C=O) groups excluding carboxylic acids is 1. The van der Waals surface area contributed by atoms with Crippen molar-refractivity contribution in [3.05, 3.63) is 0 Å². The second kappa shape index (κ2) is 3.77. The molecule has 0 saturated carbocycles. The van der Waals surface area contributed by atoms with E-state index in [1.54, 1.807) is 0 Å². The van der Waals surface area contributed by atoms with E-state index in [2.05, 4.69) is 61.0 Å². The maximum absolute atomic E-state index is 11.7. The molecule has 0 aromatic rings. The number of halogens is 1. The van der Waals surface area contributed by atoms with Crippen molar-refractivity contribution < 1.29 is 4.79 Å². The molecule has 2 nitrogen and oxygen atoms in total. The molecule has 1 atom stereocenters. The summed E-state index contributed by atoms with van der Waals surface area (Å²) in [6, 6.07) is 0.518. The lowest BCUT2D eigenvalue weighted by atomic mass is 10.1. The highest BCUT2D eigenvalue weighted by Gasteiger charge is 2.51. The third-order valence-electron chi connectivity index (χ3n) is 3.66. The standard InChI is InChI=1S/C10H20INOSi/c1-10(2,3)14(4,5)12-8(7-11)6-9(12)13/h8H,6-7H2,1-5H3. The van der Waals surface area contributed by atoms with Gasteiger partial charge in [-0.15, -0.1) is 0 Å². The van der Waals surface area contributed by atoms with Crippen molar-refractivity contribution in [2.45, 2.75) is 51.4 Å². The molecule has 0 radical (unpaired) electrons. The fourth-order valence-electron chi connectivity index (χ4n) is 1.74. The van der Waals surface area contributed by atoms with Gasteiger partial charge in [0.2, 0.25) is 5.91 Å². The number of hydrogen-bond donors (Lipinski definition) is 0. The van der Waals surface area contributed by atoms with Crippen molar-refractivity contribution in [1.29, 1.82) is 0 Å². The number of β-lactam (4-membered cyclic amide) rings is 1. The summed E-state index contributed by atoms with van der Waals surface area (Å²) in [5.74, 6) is 0.373. The molecule has 0 aliphatic carbocycles. The van der Waals surface area contributed by atoms with E-state index in [1.165, 1.54) is 0 Å². The second-order valence-corrected chi connectivity index (χ2v) is 11.6. The van der Waals surface area contributed by atoms with Crippen molar-refractivity contribution >= 4 is 36.7 Å². The first-order valence-electron chi connectivity index (χ1n) is 5.10. The van der Waals surface area contributed by atoms with E-state index in [9.17, 15) is 4.79 Å². The van der Waals surface area contributed by atoms with Gasteiger partial charge < -0.3 is 4.57 Å². The predicted molar refractivity (Wildman–Crippen MR) is 71.3 cm³/mol. The van der Waals surface area contributed by atoms with E-state index in [0.29, 0.717) is 11.9 Å². The molecule has 0 N–H and O–H groups in total. The zero-order chi connectivity index (χ0) is 11.1. The Hall–Kier alpha value is 0.417. The summed E-state index contributed by atoms with van der Waals surface area (Å²) in [6.45, 7) is 11.4. The van der Waals surface area contributed by atoms with E-state index < -0.39 is 8.24 Å². The van der Waals surface area contributed by atoms with Crippen LogP contribution < -0.4 is 0 Å². The third kappa shape index (κ3) is 1.87. The molecule has 1 aliphatic rings. The minimum atomic E-state index is -1.59. The average Bonchev–Trinajstić information content (AvgIpc) is 1.96. The summed E-state index contributed by atoms with van der Waals surface area (Å²) in [6.07, 6.45) is 0.773. The molecule has 1 heterocycles. The maximum Gasteiger partial charge on any atom is 0.217 e. The summed E-state index contributed by atoms with van der Waals surface area (Å²) < 4.78 is 3.29. The highest BCUT2D eigenvalue weighted by Crippen LogP contribution is 2.43. The van der Waals surface area contributed by atoms with Gasteiger partial charge in [-0.1, -0.05) is 56.5 Å². The van der Waals surface area contributed by atoms with Gasteiger partial charge in [0.25, 0.3) is 0 Å². The summed E-state index contributed by atoms with van der Waals surface area (Å²) >= 11 is 2.39. The van der Waals surface area contributed by atoms with E-state index in [0.717, 1.165) is 10.8 Å². The van der Waals surface area contributed by atoms with Crippen molar-refractivity contribution in [3.63, 3.8) is 0 Å². The lowest BCUT2D eigenvalue weighted by Gasteiger charge is -2.54. The highest BCUT2D eigenvalue weighted by molar-refractivity contribution is 14.1. The summed E-state index contributed by atoms with van der Waals surface area (Å²) in [5.41, 5.74) is 0. The Balaban J connectivity index is 2.86. The van der Waals surface area contributed by atoms with Gasteiger partial charge in [-0.25, -0.2) is 0 Å². The normalized spacial score (nSPS) is 23.7. The molecule has 1 unspecified atom stereocenters. The molecule has 4 heteroatoms. The first kappa shape index (κ1) is 12.5. The molecule has 0 aromatic heterocycles. The first-order chi connectivity index (χ1) is 6.21. The quantitative estimate of drug-likeness (QED) is 0.331.